The summed E-state index contributed by atoms with van der Waals surface area (Å²) in [5, 5.41) is 23.5. The molecule has 1 saturated carbocycles. The molecule has 2 aliphatic carbocycles. The molecule has 0 bridgehead atoms. The number of phenols is 1. The molecule has 5 nitrogen and oxygen atoms in total. The molecule has 0 aromatic heterocycles. The number of fused-ring (bicyclic) bond motifs is 3. The number of carbonyl (C=O) groups excluding carboxylic acids is 1. The van der Waals surface area contributed by atoms with Crippen molar-refractivity contribution < 1.29 is 19.7 Å². The lowest BCUT2D eigenvalue weighted by molar-refractivity contribution is -0.118. The van der Waals surface area contributed by atoms with E-state index in [1.807, 2.05) is 12.1 Å². The van der Waals surface area contributed by atoms with Crippen molar-refractivity contribution >= 4 is 5.91 Å². The Morgan fingerprint density at radius 1 is 1.33 bits per heavy atom. The molecule has 1 aromatic rings. The lowest BCUT2D eigenvalue weighted by Gasteiger charge is -2.47. The summed E-state index contributed by atoms with van der Waals surface area (Å²) in [5.41, 5.74) is 2.23. The first-order chi connectivity index (χ1) is 14.0. The first kappa shape index (κ1) is 21.2. The number of nitrogens with one attached hydrogen (secondary N) is 1. The Balaban J connectivity index is 1.67. The molecule has 164 valence electrons. The van der Waals surface area contributed by atoms with E-state index in [4.69, 9.17) is 4.74 Å². The third-order valence-electron chi connectivity index (χ3n) is 7.32. The monoisotopic (exact) mass is 413 g/mol. The van der Waals surface area contributed by atoms with Gasteiger partial charge in [-0.2, -0.15) is 0 Å². The molecule has 0 saturated heterocycles. The normalized spacial score (nSPS) is 29.2. The first-order valence-electron chi connectivity index (χ1n) is 11.3. The number of hydrogen-bond acceptors (Lipinski definition) is 4. The zero-order valence-corrected chi connectivity index (χ0v) is 18.8. The van der Waals surface area contributed by atoms with E-state index in [9.17, 15) is 15.0 Å². The number of rotatable bonds is 5. The number of phenolic OH excluding ortho intramolecular Hbond substituents is 1. The summed E-state index contributed by atoms with van der Waals surface area (Å²) in [4.78, 5) is 12.7. The molecule has 3 N–H and O–H groups in total. The Bertz CT molecular complexity index is 885. The summed E-state index contributed by atoms with van der Waals surface area (Å²) in [6.45, 7) is 10.8. The second kappa shape index (κ2) is 7.30. The van der Waals surface area contributed by atoms with Crippen molar-refractivity contribution in [1.82, 2.24) is 5.32 Å². The van der Waals surface area contributed by atoms with E-state index in [0.717, 1.165) is 41.7 Å². The van der Waals surface area contributed by atoms with Gasteiger partial charge in [-0.05, 0) is 62.6 Å². The predicted molar refractivity (Wildman–Crippen MR) is 117 cm³/mol. The van der Waals surface area contributed by atoms with Gasteiger partial charge in [-0.1, -0.05) is 33.3 Å². The Morgan fingerprint density at radius 3 is 2.67 bits per heavy atom. The van der Waals surface area contributed by atoms with Crippen LogP contribution in [0, 0.1) is 5.92 Å². The topological polar surface area (TPSA) is 78.8 Å². The highest BCUT2D eigenvalue weighted by Crippen LogP contribution is 2.55. The maximum absolute atomic E-state index is 12.7. The minimum Gasteiger partial charge on any atom is -0.508 e. The smallest absolute Gasteiger partial charge is 0.247 e. The molecule has 1 aliphatic heterocycles. The summed E-state index contributed by atoms with van der Waals surface area (Å²) >= 11 is 0. The van der Waals surface area contributed by atoms with Gasteiger partial charge < -0.3 is 20.3 Å². The SMILES string of the molecule is CCCC(C)(C)c1cc(O)c2c(c1)OC(C)(C)[C@@H]1CC=C(C(=O)NC3C[C@@H]3O)C[C@@H]21. The van der Waals surface area contributed by atoms with Crippen LogP contribution in [-0.4, -0.2) is 33.9 Å². The van der Waals surface area contributed by atoms with Crippen LogP contribution >= 0.6 is 0 Å². The summed E-state index contributed by atoms with van der Waals surface area (Å²) in [6.07, 6.45) is 5.63. The van der Waals surface area contributed by atoms with Crippen LogP contribution in [0.1, 0.15) is 83.8 Å². The highest BCUT2D eigenvalue weighted by atomic mass is 16.5. The maximum Gasteiger partial charge on any atom is 0.247 e. The van der Waals surface area contributed by atoms with Crippen molar-refractivity contribution in [2.45, 2.75) is 95.8 Å². The Morgan fingerprint density at radius 2 is 2.03 bits per heavy atom. The highest BCUT2D eigenvalue weighted by Gasteiger charge is 2.47. The molecule has 4 atom stereocenters. The van der Waals surface area contributed by atoms with E-state index >= 15 is 0 Å². The molecule has 5 heteroatoms. The fraction of sp³-hybridized carbons (Fsp3) is 0.640. The lowest BCUT2D eigenvalue weighted by atomic mass is 9.66. The Hall–Kier alpha value is -2.01. The van der Waals surface area contributed by atoms with E-state index in [-0.39, 0.29) is 40.6 Å². The minimum atomic E-state index is -0.414. The van der Waals surface area contributed by atoms with Crippen LogP contribution < -0.4 is 10.1 Å². The summed E-state index contributed by atoms with van der Waals surface area (Å²) < 4.78 is 6.45. The summed E-state index contributed by atoms with van der Waals surface area (Å²) in [5.74, 6) is 1.15. The zero-order chi connectivity index (χ0) is 21.8. The Kier molecular flexibility index (Phi) is 5.16. The average Bonchev–Trinajstić information content (AvgIpc) is 3.34. The number of hydrogen-bond donors (Lipinski definition) is 3. The third kappa shape index (κ3) is 3.73. The van der Waals surface area contributed by atoms with Crippen molar-refractivity contribution in [3.63, 3.8) is 0 Å². The van der Waals surface area contributed by atoms with Crippen molar-refractivity contribution in [3.05, 3.63) is 34.9 Å². The van der Waals surface area contributed by atoms with Crippen LogP contribution in [0.25, 0.3) is 0 Å². The van der Waals surface area contributed by atoms with Gasteiger partial charge in [-0.3, -0.25) is 4.79 Å². The number of ether oxygens (including phenoxy) is 1. The van der Waals surface area contributed by atoms with Crippen LogP contribution in [0.15, 0.2) is 23.8 Å². The molecule has 0 spiro atoms. The molecule has 1 unspecified atom stereocenters. The number of amides is 1. The van der Waals surface area contributed by atoms with E-state index in [1.54, 1.807) is 0 Å². The molecule has 3 aliphatic rings. The number of allylic oxidation sites excluding steroid dienone is 1. The summed E-state index contributed by atoms with van der Waals surface area (Å²) in [6, 6.07) is 3.87. The van der Waals surface area contributed by atoms with Crippen molar-refractivity contribution in [1.29, 1.82) is 0 Å². The van der Waals surface area contributed by atoms with E-state index < -0.39 is 6.10 Å². The second-order valence-electron chi connectivity index (χ2n) is 10.5. The fourth-order valence-corrected chi connectivity index (χ4v) is 5.34. The third-order valence-corrected chi connectivity index (χ3v) is 7.32. The molecule has 1 aromatic carbocycles. The zero-order valence-electron chi connectivity index (χ0n) is 18.8. The minimum absolute atomic E-state index is 0.0296. The lowest BCUT2D eigenvalue weighted by Crippen LogP contribution is -2.46. The molecule has 30 heavy (non-hydrogen) atoms. The van der Waals surface area contributed by atoms with Gasteiger partial charge in [-0.15, -0.1) is 0 Å². The quantitative estimate of drug-likeness (QED) is 0.672. The molecule has 1 heterocycles. The molecule has 1 fully saturated rings. The van der Waals surface area contributed by atoms with Crippen LogP contribution in [0.5, 0.6) is 11.5 Å². The fourth-order valence-electron chi connectivity index (χ4n) is 5.34. The van der Waals surface area contributed by atoms with Crippen LogP contribution in [-0.2, 0) is 10.2 Å². The maximum atomic E-state index is 12.7. The second-order valence-corrected chi connectivity index (χ2v) is 10.5. The predicted octanol–water partition coefficient (Wildman–Crippen LogP) is 4.31. The van der Waals surface area contributed by atoms with Crippen molar-refractivity contribution in [2.75, 3.05) is 0 Å². The van der Waals surface area contributed by atoms with Gasteiger partial charge in [0.25, 0.3) is 0 Å². The standard InChI is InChI=1S/C25H35NO4/c1-6-9-24(2,3)15-11-20(28)22-16-10-14(23(29)26-18-13-19(18)27)7-8-17(16)25(4,5)30-21(22)12-15/h7,11-12,16-19,27-28H,6,8-10,13H2,1-5H3,(H,26,29)/t16-,17-,18?,19+/m1/s1. The van der Waals surface area contributed by atoms with E-state index in [1.165, 1.54) is 0 Å². The number of carbonyl (C=O) groups is 1. The van der Waals surface area contributed by atoms with Crippen LogP contribution in [0.4, 0.5) is 0 Å². The molecular weight excluding hydrogens is 378 g/mol. The van der Waals surface area contributed by atoms with Crippen LogP contribution in [0.3, 0.4) is 0 Å². The molecular formula is C25H35NO4. The van der Waals surface area contributed by atoms with Gasteiger partial charge in [0.1, 0.15) is 17.1 Å². The van der Waals surface area contributed by atoms with Crippen molar-refractivity contribution in [3.8, 4) is 11.5 Å². The molecule has 1 amide bonds. The van der Waals surface area contributed by atoms with Crippen LogP contribution in [0.2, 0.25) is 0 Å². The van der Waals surface area contributed by atoms with Crippen molar-refractivity contribution in [2.24, 2.45) is 5.92 Å². The molecule has 4 rings (SSSR count). The Labute approximate surface area is 179 Å². The van der Waals surface area contributed by atoms with Gasteiger partial charge in [0.05, 0.1) is 12.1 Å². The first-order valence-corrected chi connectivity index (χ1v) is 11.3. The highest BCUT2D eigenvalue weighted by molar-refractivity contribution is 5.94. The van der Waals surface area contributed by atoms with Gasteiger partial charge in [0.2, 0.25) is 5.91 Å². The largest absolute Gasteiger partial charge is 0.508 e. The van der Waals surface area contributed by atoms with Gasteiger partial charge in [0, 0.05) is 23.0 Å². The number of aliphatic hydroxyl groups excluding tert-OH is 1. The van der Waals surface area contributed by atoms with Gasteiger partial charge >= 0.3 is 0 Å². The van der Waals surface area contributed by atoms with Gasteiger partial charge in [0.15, 0.2) is 0 Å². The van der Waals surface area contributed by atoms with E-state index in [2.05, 4.69) is 46.0 Å². The average molecular weight is 414 g/mol. The van der Waals surface area contributed by atoms with E-state index in [0.29, 0.717) is 12.8 Å². The summed E-state index contributed by atoms with van der Waals surface area (Å²) in [7, 11) is 0. The number of aliphatic hydroxyl groups is 1. The molecule has 0 radical (unpaired) electrons. The number of aromatic hydroxyl groups is 1. The number of benzene rings is 1. The van der Waals surface area contributed by atoms with Gasteiger partial charge in [-0.25, -0.2) is 0 Å².